The summed E-state index contributed by atoms with van der Waals surface area (Å²) in [5, 5.41) is 2.34. The van der Waals surface area contributed by atoms with Gasteiger partial charge in [-0.05, 0) is 71.5 Å². The molecule has 2 nitrogen and oxygen atoms in total. The van der Waals surface area contributed by atoms with Gasteiger partial charge in [-0.1, -0.05) is 50.2 Å². The third-order valence-electron chi connectivity index (χ3n) is 6.72. The van der Waals surface area contributed by atoms with E-state index in [-0.39, 0.29) is 5.41 Å². The maximum atomic E-state index is 6.53. The van der Waals surface area contributed by atoms with E-state index in [1.165, 1.54) is 38.8 Å². The molecule has 0 unspecified atom stereocenters. The van der Waals surface area contributed by atoms with Gasteiger partial charge in [-0.25, -0.2) is 0 Å². The molecule has 5 aromatic rings. The Morgan fingerprint density at radius 2 is 1.63 bits per heavy atom. The maximum absolute atomic E-state index is 6.53. The summed E-state index contributed by atoms with van der Waals surface area (Å²) in [6.45, 7) is 8.87. The van der Waals surface area contributed by atoms with Gasteiger partial charge in [0.15, 0.2) is 0 Å². The van der Waals surface area contributed by atoms with Gasteiger partial charge in [-0.2, -0.15) is 0 Å². The monoisotopic (exact) mass is 389 g/mol. The Morgan fingerprint density at radius 3 is 2.47 bits per heavy atom. The molecule has 2 aromatic heterocycles. The van der Waals surface area contributed by atoms with E-state index in [1.807, 2.05) is 12.3 Å². The molecule has 0 saturated carbocycles. The van der Waals surface area contributed by atoms with Crippen molar-refractivity contribution in [1.29, 1.82) is 0 Å². The maximum Gasteiger partial charge on any atom is 0.145 e. The van der Waals surface area contributed by atoms with Gasteiger partial charge in [0.25, 0.3) is 0 Å². The molecule has 6 rings (SSSR count). The van der Waals surface area contributed by atoms with E-state index in [9.17, 15) is 0 Å². The van der Waals surface area contributed by atoms with Gasteiger partial charge >= 0.3 is 0 Å². The molecule has 0 amide bonds. The Morgan fingerprint density at radius 1 is 0.800 bits per heavy atom. The van der Waals surface area contributed by atoms with Gasteiger partial charge in [0.05, 0.1) is 5.69 Å². The number of nitrogens with zero attached hydrogens (tertiary/aromatic N) is 1. The highest BCUT2D eigenvalue weighted by Gasteiger charge is 2.36. The molecule has 0 atom stereocenters. The topological polar surface area (TPSA) is 26.0 Å². The minimum atomic E-state index is -0.0185. The van der Waals surface area contributed by atoms with Crippen molar-refractivity contribution in [2.45, 2.75) is 33.1 Å². The first kappa shape index (κ1) is 17.5. The number of aromatic nitrogens is 1. The average molecular weight is 389 g/mol. The predicted molar refractivity (Wildman–Crippen MR) is 124 cm³/mol. The molecule has 0 saturated heterocycles. The fraction of sp³-hybridized carbons (Fsp3) is 0.179. The Balaban J connectivity index is 1.70. The van der Waals surface area contributed by atoms with Crippen molar-refractivity contribution in [3.63, 3.8) is 0 Å². The summed E-state index contributed by atoms with van der Waals surface area (Å²) in [5.41, 5.74) is 11.6. The molecule has 30 heavy (non-hydrogen) atoms. The number of aryl methyl sites for hydroxylation is 2. The van der Waals surface area contributed by atoms with Crippen molar-refractivity contribution < 1.29 is 4.42 Å². The number of hydrogen-bond acceptors (Lipinski definition) is 2. The largest absolute Gasteiger partial charge is 0.455 e. The summed E-state index contributed by atoms with van der Waals surface area (Å²) in [5.74, 6) is 0. The number of furan rings is 1. The Hall–Kier alpha value is -3.39. The standard InChI is InChI=1S/C28H23NO/c1-16-11-12-29-24(13-16)26-17(2)9-10-19-21-14-23-20(15-25(21)30-27(19)26)18-7-5-6-8-22(18)28(23,3)4/h5-15H,1-4H3. The second-order valence-electron chi connectivity index (χ2n) is 9.02. The number of rotatable bonds is 1. The molecule has 0 radical (unpaired) electrons. The molecule has 0 aliphatic heterocycles. The zero-order valence-electron chi connectivity index (χ0n) is 17.7. The first-order chi connectivity index (χ1) is 14.4. The first-order valence-electron chi connectivity index (χ1n) is 10.5. The first-order valence-corrected chi connectivity index (χ1v) is 10.5. The zero-order chi connectivity index (χ0) is 20.6. The van der Waals surface area contributed by atoms with E-state index in [0.29, 0.717) is 0 Å². The van der Waals surface area contributed by atoms with Crippen LogP contribution in [0.4, 0.5) is 0 Å². The van der Waals surface area contributed by atoms with Crippen molar-refractivity contribution in [2.24, 2.45) is 0 Å². The predicted octanol–water partition coefficient (Wildman–Crippen LogP) is 7.57. The highest BCUT2D eigenvalue weighted by Crippen LogP contribution is 2.51. The lowest BCUT2D eigenvalue weighted by molar-refractivity contribution is 0.658. The minimum Gasteiger partial charge on any atom is -0.455 e. The van der Waals surface area contributed by atoms with Gasteiger partial charge in [0.1, 0.15) is 11.2 Å². The molecule has 0 spiro atoms. The van der Waals surface area contributed by atoms with Crippen LogP contribution in [0.15, 0.2) is 71.3 Å². The molecule has 0 fully saturated rings. The second-order valence-corrected chi connectivity index (χ2v) is 9.02. The lowest BCUT2D eigenvalue weighted by Crippen LogP contribution is -2.14. The SMILES string of the molecule is Cc1ccnc(-c2c(C)ccc3c2oc2cc4c(cc23)C(C)(C)c2ccccc2-4)c1. The molecule has 0 bridgehead atoms. The second kappa shape index (κ2) is 5.82. The van der Waals surface area contributed by atoms with Crippen LogP contribution >= 0.6 is 0 Å². The lowest BCUT2D eigenvalue weighted by atomic mass is 9.82. The van der Waals surface area contributed by atoms with Gasteiger partial charge in [0.2, 0.25) is 0 Å². The quantitative estimate of drug-likeness (QED) is 0.295. The van der Waals surface area contributed by atoms with Crippen LogP contribution in [-0.2, 0) is 5.41 Å². The summed E-state index contributed by atoms with van der Waals surface area (Å²) in [6.07, 6.45) is 1.87. The Labute approximate surface area is 176 Å². The minimum absolute atomic E-state index is 0.0185. The van der Waals surface area contributed by atoms with E-state index in [1.54, 1.807) is 0 Å². The molecule has 0 N–H and O–H groups in total. The van der Waals surface area contributed by atoms with Crippen LogP contribution in [0.5, 0.6) is 0 Å². The van der Waals surface area contributed by atoms with Crippen molar-refractivity contribution in [1.82, 2.24) is 4.98 Å². The molecule has 1 aliphatic rings. The van der Waals surface area contributed by atoms with Gasteiger partial charge in [-0.15, -0.1) is 0 Å². The number of pyridine rings is 1. The van der Waals surface area contributed by atoms with Crippen molar-refractivity contribution in [3.8, 4) is 22.4 Å². The van der Waals surface area contributed by atoms with Gasteiger partial charge in [0, 0.05) is 27.9 Å². The van der Waals surface area contributed by atoms with Crippen LogP contribution < -0.4 is 0 Å². The summed E-state index contributed by atoms with van der Waals surface area (Å²) in [4.78, 5) is 4.65. The van der Waals surface area contributed by atoms with Crippen LogP contribution in [0.1, 0.15) is 36.1 Å². The van der Waals surface area contributed by atoms with Crippen LogP contribution in [0, 0.1) is 13.8 Å². The van der Waals surface area contributed by atoms with Gasteiger partial charge < -0.3 is 4.42 Å². The average Bonchev–Trinajstić information content (AvgIpc) is 3.19. The third-order valence-corrected chi connectivity index (χ3v) is 6.72. The molecule has 146 valence electrons. The highest BCUT2D eigenvalue weighted by molar-refractivity contribution is 6.11. The van der Waals surface area contributed by atoms with Crippen LogP contribution in [0.25, 0.3) is 44.3 Å². The van der Waals surface area contributed by atoms with Crippen LogP contribution in [-0.4, -0.2) is 4.98 Å². The summed E-state index contributed by atoms with van der Waals surface area (Å²) in [7, 11) is 0. The summed E-state index contributed by atoms with van der Waals surface area (Å²) in [6, 6.07) is 21.9. The fourth-order valence-corrected chi connectivity index (χ4v) is 5.12. The van der Waals surface area contributed by atoms with Crippen molar-refractivity contribution >= 4 is 21.9 Å². The van der Waals surface area contributed by atoms with Gasteiger partial charge in [-0.3, -0.25) is 4.98 Å². The number of fused-ring (bicyclic) bond motifs is 6. The smallest absolute Gasteiger partial charge is 0.145 e. The molecule has 3 aromatic carbocycles. The normalized spacial score (nSPS) is 14.3. The van der Waals surface area contributed by atoms with E-state index < -0.39 is 0 Å². The molecule has 2 heteroatoms. The molecule has 2 heterocycles. The van der Waals surface area contributed by atoms with E-state index in [0.717, 1.165) is 27.8 Å². The molecular formula is C28H23NO. The Kier molecular flexibility index (Phi) is 3.39. The Bertz CT molecular complexity index is 1490. The van der Waals surface area contributed by atoms with E-state index in [4.69, 9.17) is 4.42 Å². The summed E-state index contributed by atoms with van der Waals surface area (Å²) >= 11 is 0. The van der Waals surface area contributed by atoms with Crippen LogP contribution in [0.2, 0.25) is 0 Å². The number of hydrogen-bond donors (Lipinski definition) is 0. The summed E-state index contributed by atoms with van der Waals surface area (Å²) < 4.78 is 6.53. The zero-order valence-corrected chi connectivity index (χ0v) is 17.7. The fourth-order valence-electron chi connectivity index (χ4n) is 5.12. The van der Waals surface area contributed by atoms with Crippen molar-refractivity contribution in [3.05, 3.63) is 89.1 Å². The van der Waals surface area contributed by atoms with E-state index >= 15 is 0 Å². The number of benzene rings is 3. The molecule has 1 aliphatic carbocycles. The lowest BCUT2D eigenvalue weighted by Gasteiger charge is -2.21. The highest BCUT2D eigenvalue weighted by atomic mass is 16.3. The molecular weight excluding hydrogens is 366 g/mol. The third kappa shape index (κ3) is 2.22. The van der Waals surface area contributed by atoms with Crippen LogP contribution in [0.3, 0.4) is 0 Å². The van der Waals surface area contributed by atoms with Crippen molar-refractivity contribution in [2.75, 3.05) is 0 Å². The van der Waals surface area contributed by atoms with E-state index in [2.05, 4.69) is 87.3 Å².